The van der Waals surface area contributed by atoms with Crippen LogP contribution in [0.3, 0.4) is 0 Å². The molecule has 0 radical (unpaired) electrons. The van der Waals surface area contributed by atoms with Crippen molar-refractivity contribution in [2.45, 2.75) is 38.6 Å². The summed E-state index contributed by atoms with van der Waals surface area (Å²) in [5.41, 5.74) is 8.07. The smallest absolute Gasteiger partial charge is 0.253 e. The summed E-state index contributed by atoms with van der Waals surface area (Å²) < 4.78 is 0. The topological polar surface area (TPSA) is 70.9 Å². The fourth-order valence-electron chi connectivity index (χ4n) is 3.11. The third-order valence-electron chi connectivity index (χ3n) is 4.38. The Morgan fingerprint density at radius 1 is 1.35 bits per heavy atom. The first-order chi connectivity index (χ1) is 9.65. The number of benzene rings is 1. The van der Waals surface area contributed by atoms with E-state index >= 15 is 0 Å². The van der Waals surface area contributed by atoms with Crippen LogP contribution in [0.1, 0.15) is 43.0 Å². The molecule has 0 bridgehead atoms. The maximum atomic E-state index is 12.5. The number of nitrogens with one attached hydrogen (secondary N) is 2. The van der Waals surface area contributed by atoms with Crippen LogP contribution in [0.25, 0.3) is 10.9 Å². The monoisotopic (exact) mass is 271 g/mol. The highest BCUT2D eigenvalue weighted by atomic mass is 16.1. The van der Waals surface area contributed by atoms with Gasteiger partial charge in [0.15, 0.2) is 0 Å². The van der Waals surface area contributed by atoms with E-state index in [0.29, 0.717) is 23.2 Å². The van der Waals surface area contributed by atoms with Crippen LogP contribution >= 0.6 is 0 Å². The highest BCUT2D eigenvalue weighted by molar-refractivity contribution is 6.07. The minimum atomic E-state index is 0.0137. The Morgan fingerprint density at radius 2 is 2.15 bits per heavy atom. The van der Waals surface area contributed by atoms with Gasteiger partial charge in [0.25, 0.3) is 5.91 Å². The number of carbonyl (C=O) groups is 1. The Bertz CT molecular complexity index is 632. The number of fused-ring (bicyclic) bond motifs is 1. The van der Waals surface area contributed by atoms with Crippen LogP contribution < -0.4 is 11.1 Å². The van der Waals surface area contributed by atoms with Crippen molar-refractivity contribution in [1.29, 1.82) is 0 Å². The van der Waals surface area contributed by atoms with Crippen LogP contribution in [0.2, 0.25) is 0 Å². The molecule has 1 aromatic carbocycles. The van der Waals surface area contributed by atoms with Crippen molar-refractivity contribution in [2.75, 3.05) is 5.73 Å². The largest absolute Gasteiger partial charge is 0.399 e. The molecule has 1 aliphatic rings. The molecule has 0 spiro atoms. The summed E-state index contributed by atoms with van der Waals surface area (Å²) in [5.74, 6) is 0.577. The molecule has 4 N–H and O–H groups in total. The van der Waals surface area contributed by atoms with Crippen molar-refractivity contribution < 1.29 is 4.79 Å². The van der Waals surface area contributed by atoms with Gasteiger partial charge in [-0.15, -0.1) is 0 Å². The summed E-state index contributed by atoms with van der Waals surface area (Å²) in [5, 5.41) is 4.12. The zero-order valence-electron chi connectivity index (χ0n) is 11.8. The highest BCUT2D eigenvalue weighted by Gasteiger charge is 2.24. The summed E-state index contributed by atoms with van der Waals surface area (Å²) in [6.45, 7) is 2.22. The second-order valence-electron chi connectivity index (χ2n) is 5.85. The number of rotatable bonds is 2. The standard InChI is InChI=1S/C16H21N3O/c1-10-4-2-3-5-14(10)19-16(20)13-9-18-15-8-11(17)6-7-12(13)15/h6-10,14,18H,2-5,17H2,1H3,(H,19,20). The van der Waals surface area contributed by atoms with Crippen LogP contribution in [0.15, 0.2) is 24.4 Å². The first kappa shape index (κ1) is 13.0. The molecule has 1 heterocycles. The normalized spacial score (nSPS) is 22.9. The fraction of sp³-hybridized carbons (Fsp3) is 0.438. The number of aromatic amines is 1. The van der Waals surface area contributed by atoms with Gasteiger partial charge in [0.05, 0.1) is 5.56 Å². The lowest BCUT2D eigenvalue weighted by Gasteiger charge is -2.29. The molecular weight excluding hydrogens is 250 g/mol. The number of aromatic nitrogens is 1. The third-order valence-corrected chi connectivity index (χ3v) is 4.38. The van der Waals surface area contributed by atoms with Gasteiger partial charge in [-0.3, -0.25) is 4.79 Å². The molecule has 20 heavy (non-hydrogen) atoms. The molecule has 2 aromatic rings. The predicted molar refractivity (Wildman–Crippen MR) is 81.6 cm³/mol. The molecule has 4 heteroatoms. The lowest BCUT2D eigenvalue weighted by Crippen LogP contribution is -2.40. The van der Waals surface area contributed by atoms with Gasteiger partial charge in [0, 0.05) is 28.8 Å². The van der Waals surface area contributed by atoms with E-state index in [1.54, 1.807) is 6.20 Å². The fourth-order valence-corrected chi connectivity index (χ4v) is 3.11. The van der Waals surface area contributed by atoms with Gasteiger partial charge in [0.1, 0.15) is 0 Å². The number of hydrogen-bond acceptors (Lipinski definition) is 2. The van der Waals surface area contributed by atoms with E-state index in [4.69, 9.17) is 5.73 Å². The number of nitrogen functional groups attached to an aromatic ring is 1. The van der Waals surface area contributed by atoms with Gasteiger partial charge in [-0.2, -0.15) is 0 Å². The molecule has 2 atom stereocenters. The lowest BCUT2D eigenvalue weighted by atomic mass is 9.86. The van der Waals surface area contributed by atoms with E-state index in [2.05, 4.69) is 17.2 Å². The Labute approximate surface area is 118 Å². The molecule has 1 aliphatic carbocycles. The molecule has 2 unspecified atom stereocenters. The summed E-state index contributed by atoms with van der Waals surface area (Å²) >= 11 is 0. The quantitative estimate of drug-likeness (QED) is 0.735. The molecular formula is C16H21N3O. The Morgan fingerprint density at radius 3 is 2.95 bits per heavy atom. The summed E-state index contributed by atoms with van der Waals surface area (Å²) in [7, 11) is 0. The summed E-state index contributed by atoms with van der Waals surface area (Å²) in [6.07, 6.45) is 6.55. The van der Waals surface area contributed by atoms with Gasteiger partial charge in [-0.05, 0) is 37.0 Å². The van der Waals surface area contributed by atoms with E-state index in [1.165, 1.54) is 19.3 Å². The maximum absolute atomic E-state index is 12.5. The number of carbonyl (C=O) groups excluding carboxylic acids is 1. The second kappa shape index (κ2) is 5.19. The van der Waals surface area contributed by atoms with E-state index in [-0.39, 0.29) is 5.91 Å². The predicted octanol–water partition coefficient (Wildman–Crippen LogP) is 3.06. The van der Waals surface area contributed by atoms with Crippen molar-refractivity contribution in [3.05, 3.63) is 30.0 Å². The molecule has 0 aliphatic heterocycles. The Hall–Kier alpha value is -1.97. The second-order valence-corrected chi connectivity index (χ2v) is 5.85. The van der Waals surface area contributed by atoms with E-state index < -0.39 is 0 Å². The van der Waals surface area contributed by atoms with Crippen molar-refractivity contribution in [3.63, 3.8) is 0 Å². The number of amides is 1. The Kier molecular flexibility index (Phi) is 3.38. The van der Waals surface area contributed by atoms with Gasteiger partial charge in [0.2, 0.25) is 0 Å². The van der Waals surface area contributed by atoms with E-state index in [1.807, 2.05) is 18.2 Å². The number of anilines is 1. The highest BCUT2D eigenvalue weighted by Crippen LogP contribution is 2.25. The lowest BCUT2D eigenvalue weighted by molar-refractivity contribution is 0.0912. The van der Waals surface area contributed by atoms with E-state index in [9.17, 15) is 4.79 Å². The third kappa shape index (κ3) is 2.38. The molecule has 1 fully saturated rings. The molecule has 1 aromatic heterocycles. The average molecular weight is 271 g/mol. The molecule has 1 amide bonds. The van der Waals surface area contributed by atoms with E-state index in [0.717, 1.165) is 17.3 Å². The summed E-state index contributed by atoms with van der Waals surface area (Å²) in [6, 6.07) is 5.89. The van der Waals surface area contributed by atoms with Crippen molar-refractivity contribution in [2.24, 2.45) is 5.92 Å². The van der Waals surface area contributed by atoms with Gasteiger partial charge in [-0.25, -0.2) is 0 Å². The minimum Gasteiger partial charge on any atom is -0.399 e. The molecule has 4 nitrogen and oxygen atoms in total. The first-order valence-corrected chi connectivity index (χ1v) is 7.32. The number of hydrogen-bond donors (Lipinski definition) is 3. The van der Waals surface area contributed by atoms with Crippen LogP contribution in [-0.2, 0) is 0 Å². The van der Waals surface area contributed by atoms with Crippen LogP contribution in [0.4, 0.5) is 5.69 Å². The van der Waals surface area contributed by atoms with Gasteiger partial charge in [-0.1, -0.05) is 19.8 Å². The first-order valence-electron chi connectivity index (χ1n) is 7.32. The van der Waals surface area contributed by atoms with Gasteiger partial charge >= 0.3 is 0 Å². The van der Waals surface area contributed by atoms with Crippen molar-refractivity contribution in [1.82, 2.24) is 10.3 Å². The molecule has 106 valence electrons. The van der Waals surface area contributed by atoms with Crippen LogP contribution in [0.5, 0.6) is 0 Å². The van der Waals surface area contributed by atoms with Gasteiger partial charge < -0.3 is 16.0 Å². The van der Waals surface area contributed by atoms with Crippen LogP contribution in [0, 0.1) is 5.92 Å². The SMILES string of the molecule is CC1CCCCC1NC(=O)c1c[nH]c2cc(N)ccc12. The van der Waals surface area contributed by atoms with Crippen molar-refractivity contribution >= 4 is 22.5 Å². The molecule has 3 rings (SSSR count). The Balaban J connectivity index is 1.82. The zero-order chi connectivity index (χ0) is 14.1. The van der Waals surface area contributed by atoms with Crippen LogP contribution in [-0.4, -0.2) is 16.9 Å². The number of nitrogens with two attached hydrogens (primary N) is 1. The maximum Gasteiger partial charge on any atom is 0.253 e. The molecule has 0 saturated heterocycles. The zero-order valence-corrected chi connectivity index (χ0v) is 11.8. The average Bonchev–Trinajstić information content (AvgIpc) is 2.84. The number of H-pyrrole nitrogens is 1. The summed E-state index contributed by atoms with van der Waals surface area (Å²) in [4.78, 5) is 15.6. The molecule has 1 saturated carbocycles. The van der Waals surface area contributed by atoms with Crippen molar-refractivity contribution in [3.8, 4) is 0 Å². The minimum absolute atomic E-state index is 0.0137.